The van der Waals surface area contributed by atoms with E-state index in [2.05, 4.69) is 34.7 Å². The summed E-state index contributed by atoms with van der Waals surface area (Å²) in [6, 6.07) is 9.43. The molecule has 0 radical (unpaired) electrons. The number of nitrogens with zero attached hydrogens (tertiary/aromatic N) is 1. The van der Waals surface area contributed by atoms with Crippen LogP contribution in [0.15, 0.2) is 24.3 Å². The highest BCUT2D eigenvalue weighted by Gasteiger charge is 2.23. The van der Waals surface area contributed by atoms with E-state index in [1.165, 1.54) is 56.3 Å². The fourth-order valence-electron chi connectivity index (χ4n) is 2.93. The average molecular weight is 216 g/mol. The van der Waals surface area contributed by atoms with Crippen molar-refractivity contribution >= 4 is 0 Å². The minimum Gasteiger partial charge on any atom is -0.248 e. The number of hydrogen-bond acceptors (Lipinski definition) is 2. The lowest BCUT2D eigenvalue weighted by Crippen LogP contribution is -2.43. The molecule has 2 aliphatic rings. The Kier molecular flexibility index (Phi) is 2.94. The summed E-state index contributed by atoms with van der Waals surface area (Å²) < 4.78 is 0. The van der Waals surface area contributed by atoms with E-state index in [-0.39, 0.29) is 0 Å². The normalized spacial score (nSPS) is 25.6. The molecule has 1 N–H and O–H groups in total. The Bertz CT molecular complexity index is 356. The highest BCUT2D eigenvalue weighted by atomic mass is 15.5. The maximum Gasteiger partial charge on any atom is 0.0470 e. The molecule has 1 aromatic rings. The zero-order valence-corrected chi connectivity index (χ0v) is 9.78. The van der Waals surface area contributed by atoms with Crippen molar-refractivity contribution in [2.75, 3.05) is 13.1 Å². The molecule has 16 heavy (non-hydrogen) atoms. The van der Waals surface area contributed by atoms with Gasteiger partial charge in [0.15, 0.2) is 0 Å². The van der Waals surface area contributed by atoms with E-state index in [1.54, 1.807) is 0 Å². The van der Waals surface area contributed by atoms with Gasteiger partial charge in [-0.1, -0.05) is 30.7 Å². The molecular weight excluding hydrogens is 196 g/mol. The van der Waals surface area contributed by atoms with Gasteiger partial charge in [0.2, 0.25) is 0 Å². The third kappa shape index (κ3) is 2.00. The van der Waals surface area contributed by atoms with E-state index in [9.17, 15) is 0 Å². The molecule has 1 saturated heterocycles. The molecule has 0 saturated carbocycles. The second-order valence-corrected chi connectivity index (χ2v) is 4.97. The number of benzene rings is 1. The van der Waals surface area contributed by atoms with Crippen LogP contribution in [0.4, 0.5) is 0 Å². The van der Waals surface area contributed by atoms with Crippen LogP contribution in [0, 0.1) is 0 Å². The van der Waals surface area contributed by atoms with Gasteiger partial charge in [-0.05, 0) is 36.8 Å². The number of hydrazine groups is 1. The lowest BCUT2D eigenvalue weighted by molar-refractivity contribution is 0.128. The van der Waals surface area contributed by atoms with Gasteiger partial charge in [-0.25, -0.2) is 10.4 Å². The standard InChI is InChI=1S/C14H20N2/c1-4-10-16(11-5-1)15-14-9-8-12-6-2-3-7-13(12)14/h2-3,6-7,14-15H,1,4-5,8-11H2. The highest BCUT2D eigenvalue weighted by Crippen LogP contribution is 2.31. The topological polar surface area (TPSA) is 15.3 Å². The van der Waals surface area contributed by atoms with Crippen LogP contribution in [0.25, 0.3) is 0 Å². The third-order valence-corrected chi connectivity index (χ3v) is 3.83. The first kappa shape index (κ1) is 10.3. The van der Waals surface area contributed by atoms with E-state index in [0.717, 1.165) is 0 Å². The SMILES string of the molecule is c1ccc2c(c1)CCC2NN1CCCCC1. The molecule has 0 amide bonds. The Morgan fingerprint density at radius 2 is 1.88 bits per heavy atom. The number of piperidine rings is 1. The molecule has 3 rings (SSSR count). The third-order valence-electron chi connectivity index (χ3n) is 3.83. The number of fused-ring (bicyclic) bond motifs is 1. The van der Waals surface area contributed by atoms with Crippen LogP contribution in [0.2, 0.25) is 0 Å². The molecular formula is C14H20N2. The van der Waals surface area contributed by atoms with Crippen molar-refractivity contribution in [3.63, 3.8) is 0 Å². The number of rotatable bonds is 2. The van der Waals surface area contributed by atoms with Crippen molar-refractivity contribution in [2.24, 2.45) is 0 Å². The molecule has 2 heteroatoms. The highest BCUT2D eigenvalue weighted by molar-refractivity contribution is 5.34. The van der Waals surface area contributed by atoms with E-state index in [4.69, 9.17) is 0 Å². The van der Waals surface area contributed by atoms with Crippen LogP contribution >= 0.6 is 0 Å². The Labute approximate surface area is 97.6 Å². The van der Waals surface area contributed by atoms with Gasteiger partial charge in [0, 0.05) is 19.1 Å². The van der Waals surface area contributed by atoms with Crippen LogP contribution in [0.5, 0.6) is 0 Å². The molecule has 1 heterocycles. The summed E-state index contributed by atoms with van der Waals surface area (Å²) in [5, 5.41) is 2.43. The summed E-state index contributed by atoms with van der Waals surface area (Å²) in [6.07, 6.45) is 6.60. The molecule has 0 spiro atoms. The maximum absolute atomic E-state index is 3.71. The number of hydrogen-bond donors (Lipinski definition) is 1. The molecule has 1 unspecified atom stereocenters. The predicted molar refractivity (Wildman–Crippen MR) is 66.1 cm³/mol. The molecule has 1 aliphatic carbocycles. The van der Waals surface area contributed by atoms with Crippen molar-refractivity contribution in [2.45, 2.75) is 38.1 Å². The Hall–Kier alpha value is -0.860. The van der Waals surface area contributed by atoms with E-state index >= 15 is 0 Å². The minimum atomic E-state index is 0.564. The van der Waals surface area contributed by atoms with Crippen molar-refractivity contribution in [1.82, 2.24) is 10.4 Å². The molecule has 86 valence electrons. The van der Waals surface area contributed by atoms with Crippen molar-refractivity contribution in [3.8, 4) is 0 Å². The lowest BCUT2D eigenvalue weighted by Gasteiger charge is -2.30. The largest absolute Gasteiger partial charge is 0.248 e. The van der Waals surface area contributed by atoms with Crippen molar-refractivity contribution in [1.29, 1.82) is 0 Å². The number of aryl methyl sites for hydroxylation is 1. The molecule has 2 nitrogen and oxygen atoms in total. The van der Waals surface area contributed by atoms with Gasteiger partial charge in [-0.15, -0.1) is 0 Å². The Balaban J connectivity index is 1.68. The van der Waals surface area contributed by atoms with Crippen LogP contribution in [0.3, 0.4) is 0 Å². The van der Waals surface area contributed by atoms with E-state index in [0.29, 0.717) is 6.04 Å². The van der Waals surface area contributed by atoms with Gasteiger partial charge in [0.1, 0.15) is 0 Å². The Morgan fingerprint density at radius 3 is 2.75 bits per heavy atom. The summed E-state index contributed by atoms with van der Waals surface area (Å²) >= 11 is 0. The van der Waals surface area contributed by atoms with Gasteiger partial charge in [0.25, 0.3) is 0 Å². The first-order chi connectivity index (χ1) is 7.93. The molecule has 1 aromatic carbocycles. The summed E-state index contributed by atoms with van der Waals surface area (Å²) in [7, 11) is 0. The van der Waals surface area contributed by atoms with E-state index in [1.807, 2.05) is 0 Å². The quantitative estimate of drug-likeness (QED) is 0.817. The summed E-state index contributed by atoms with van der Waals surface area (Å²) in [5.41, 5.74) is 6.77. The molecule has 0 aromatic heterocycles. The van der Waals surface area contributed by atoms with Gasteiger partial charge >= 0.3 is 0 Å². The number of nitrogens with one attached hydrogen (secondary N) is 1. The zero-order chi connectivity index (χ0) is 10.8. The zero-order valence-electron chi connectivity index (χ0n) is 9.78. The molecule has 1 aliphatic heterocycles. The first-order valence-electron chi connectivity index (χ1n) is 6.52. The van der Waals surface area contributed by atoms with Crippen LogP contribution in [0.1, 0.15) is 42.9 Å². The summed E-state index contributed by atoms with van der Waals surface area (Å²) in [4.78, 5) is 0. The van der Waals surface area contributed by atoms with Gasteiger partial charge in [0.05, 0.1) is 0 Å². The van der Waals surface area contributed by atoms with Gasteiger partial charge in [-0.2, -0.15) is 0 Å². The average Bonchev–Trinajstić information content (AvgIpc) is 2.74. The molecule has 1 atom stereocenters. The van der Waals surface area contributed by atoms with Crippen LogP contribution in [-0.2, 0) is 6.42 Å². The molecule has 1 fully saturated rings. The second-order valence-electron chi connectivity index (χ2n) is 4.97. The van der Waals surface area contributed by atoms with Gasteiger partial charge < -0.3 is 0 Å². The second kappa shape index (κ2) is 4.56. The fourth-order valence-corrected chi connectivity index (χ4v) is 2.93. The smallest absolute Gasteiger partial charge is 0.0470 e. The Morgan fingerprint density at radius 1 is 1.06 bits per heavy atom. The van der Waals surface area contributed by atoms with Gasteiger partial charge in [-0.3, -0.25) is 0 Å². The van der Waals surface area contributed by atoms with Crippen molar-refractivity contribution < 1.29 is 0 Å². The lowest BCUT2D eigenvalue weighted by atomic mass is 10.1. The predicted octanol–water partition coefficient (Wildman–Crippen LogP) is 2.66. The van der Waals surface area contributed by atoms with Crippen molar-refractivity contribution in [3.05, 3.63) is 35.4 Å². The van der Waals surface area contributed by atoms with Crippen LogP contribution < -0.4 is 5.43 Å². The molecule has 0 bridgehead atoms. The van der Waals surface area contributed by atoms with E-state index < -0.39 is 0 Å². The maximum atomic E-state index is 3.71. The van der Waals surface area contributed by atoms with Crippen LogP contribution in [-0.4, -0.2) is 18.1 Å². The summed E-state index contributed by atoms with van der Waals surface area (Å²) in [6.45, 7) is 2.44. The fraction of sp³-hybridized carbons (Fsp3) is 0.571. The first-order valence-corrected chi connectivity index (χ1v) is 6.52. The monoisotopic (exact) mass is 216 g/mol. The minimum absolute atomic E-state index is 0.564. The summed E-state index contributed by atoms with van der Waals surface area (Å²) in [5.74, 6) is 0.